The average molecular weight is 554 g/mol. The third kappa shape index (κ3) is 13.3. The van der Waals surface area contributed by atoms with Gasteiger partial charge in [0.1, 0.15) is 18.4 Å². The number of benzene rings is 2. The number of hydrogen-bond donors (Lipinski definition) is 2. The molecule has 0 fully saturated rings. The van der Waals surface area contributed by atoms with Gasteiger partial charge in [0.15, 0.2) is 0 Å². The minimum atomic E-state index is -0.618. The highest BCUT2D eigenvalue weighted by molar-refractivity contribution is 5.87. The number of unbranched alkanes of at least 4 members (excludes halogenated alkanes) is 2. The van der Waals surface area contributed by atoms with Gasteiger partial charge in [-0.1, -0.05) is 76.1 Å². The van der Waals surface area contributed by atoms with E-state index in [4.69, 9.17) is 9.47 Å². The van der Waals surface area contributed by atoms with Crippen molar-refractivity contribution < 1.29 is 19.1 Å². The summed E-state index contributed by atoms with van der Waals surface area (Å²) in [6.07, 6.45) is 4.27. The Morgan fingerprint density at radius 3 is 2.20 bits per heavy atom. The summed E-state index contributed by atoms with van der Waals surface area (Å²) in [5.74, 6) is 0.852. The van der Waals surface area contributed by atoms with Crippen LogP contribution in [0.4, 0.5) is 4.79 Å². The Morgan fingerprint density at radius 2 is 1.60 bits per heavy atom. The third-order valence-electron chi connectivity index (χ3n) is 6.48. The Bertz CT molecular complexity index is 1000. The van der Waals surface area contributed by atoms with Gasteiger partial charge in [-0.2, -0.15) is 0 Å². The quantitative estimate of drug-likeness (QED) is 0.237. The normalized spacial score (nSPS) is 13.0. The molecule has 0 aliphatic carbocycles. The first-order valence-corrected chi connectivity index (χ1v) is 14.7. The molecule has 0 saturated heterocycles. The Balaban J connectivity index is 2.06. The van der Waals surface area contributed by atoms with Gasteiger partial charge in [0, 0.05) is 13.6 Å². The number of hydrogen-bond acceptors (Lipinski definition) is 4. The van der Waals surface area contributed by atoms with Crippen LogP contribution in [0, 0.1) is 5.92 Å². The zero-order chi connectivity index (χ0) is 29.5. The Hall–Kier alpha value is -3.06. The smallest absolute Gasteiger partial charge is 0.317 e. The van der Waals surface area contributed by atoms with Crippen LogP contribution in [-0.4, -0.2) is 54.7 Å². The Morgan fingerprint density at radius 1 is 0.925 bits per heavy atom. The van der Waals surface area contributed by atoms with Gasteiger partial charge in [0.2, 0.25) is 5.91 Å². The van der Waals surface area contributed by atoms with Gasteiger partial charge < -0.3 is 25.0 Å². The molecule has 2 rings (SSSR count). The summed E-state index contributed by atoms with van der Waals surface area (Å²) in [5, 5.41) is 6.14. The van der Waals surface area contributed by atoms with Gasteiger partial charge in [-0.25, -0.2) is 4.79 Å². The maximum atomic E-state index is 13.5. The van der Waals surface area contributed by atoms with Crippen LogP contribution in [0.2, 0.25) is 0 Å². The van der Waals surface area contributed by atoms with Crippen LogP contribution in [0.15, 0.2) is 54.6 Å². The molecule has 3 amide bonds. The SMILES string of the molecule is CCCCCN(C)C(=O)N[C@@H](CC(C)C)C(=O)N[C@H](COC(C)(C)C)Cc1ccc(OCc2ccccc2)cc1. The molecule has 2 atom stereocenters. The van der Waals surface area contributed by atoms with Crippen molar-refractivity contribution >= 4 is 11.9 Å². The molecule has 0 heterocycles. The molecule has 0 bridgehead atoms. The van der Waals surface area contributed by atoms with Gasteiger partial charge in [0.05, 0.1) is 18.2 Å². The fraction of sp³-hybridized carbons (Fsp3) is 0.576. The molecule has 7 heteroatoms. The minimum Gasteiger partial charge on any atom is -0.489 e. The second-order valence-electron chi connectivity index (χ2n) is 12.0. The van der Waals surface area contributed by atoms with Crippen LogP contribution in [0.5, 0.6) is 5.75 Å². The molecule has 222 valence electrons. The fourth-order valence-electron chi connectivity index (χ4n) is 4.21. The minimum absolute atomic E-state index is 0.186. The number of carbonyl (C=O) groups is 2. The van der Waals surface area contributed by atoms with Crippen molar-refractivity contribution in [3.8, 4) is 5.75 Å². The van der Waals surface area contributed by atoms with E-state index in [1.807, 2.05) is 75.4 Å². The molecule has 7 nitrogen and oxygen atoms in total. The zero-order valence-electron chi connectivity index (χ0n) is 25.7. The lowest BCUT2D eigenvalue weighted by Gasteiger charge is -2.28. The highest BCUT2D eigenvalue weighted by atomic mass is 16.5. The molecule has 2 aromatic rings. The molecular formula is C33H51N3O4. The molecule has 0 saturated carbocycles. The van der Waals surface area contributed by atoms with Gasteiger partial charge in [-0.05, 0) is 69.2 Å². The molecule has 2 N–H and O–H groups in total. The molecule has 0 unspecified atom stereocenters. The first-order chi connectivity index (χ1) is 19.0. The first kappa shape index (κ1) is 33.1. The van der Waals surface area contributed by atoms with Crippen molar-refractivity contribution in [2.45, 2.75) is 97.9 Å². The molecule has 0 spiro atoms. The number of ether oxygens (including phenoxy) is 2. The van der Waals surface area contributed by atoms with E-state index in [-0.39, 0.29) is 29.5 Å². The molecule has 0 aromatic heterocycles. The Labute approximate surface area is 242 Å². The van der Waals surface area contributed by atoms with E-state index in [2.05, 4.69) is 31.4 Å². The van der Waals surface area contributed by atoms with Crippen LogP contribution >= 0.6 is 0 Å². The molecule has 40 heavy (non-hydrogen) atoms. The number of amides is 3. The predicted octanol–water partition coefficient (Wildman–Crippen LogP) is 6.35. The lowest BCUT2D eigenvalue weighted by molar-refractivity contribution is -0.125. The van der Waals surface area contributed by atoms with Crippen molar-refractivity contribution in [3.63, 3.8) is 0 Å². The second kappa shape index (κ2) is 16.9. The standard InChI is InChI=1S/C33H51N3O4/c1-8-9-13-20-36(7)32(38)35-30(21-25(2)3)31(37)34-28(24-40-33(4,5)6)22-26-16-18-29(19-17-26)39-23-27-14-11-10-12-15-27/h10-12,14-19,25,28,30H,8-9,13,20-24H2,1-7H3,(H,34,37)(H,35,38)/t28-,30-/m0/s1. The first-order valence-electron chi connectivity index (χ1n) is 14.7. The number of rotatable bonds is 16. The largest absolute Gasteiger partial charge is 0.489 e. The number of carbonyl (C=O) groups excluding carboxylic acids is 2. The molecule has 0 aliphatic heterocycles. The summed E-state index contributed by atoms with van der Waals surface area (Å²) in [7, 11) is 1.78. The van der Waals surface area contributed by atoms with Gasteiger partial charge >= 0.3 is 6.03 Å². The van der Waals surface area contributed by atoms with Gasteiger partial charge in [-0.3, -0.25) is 4.79 Å². The molecular weight excluding hydrogens is 502 g/mol. The number of nitrogens with zero attached hydrogens (tertiary/aromatic N) is 1. The van der Waals surface area contributed by atoms with E-state index in [0.717, 1.165) is 36.1 Å². The maximum absolute atomic E-state index is 13.5. The average Bonchev–Trinajstić information content (AvgIpc) is 2.90. The lowest BCUT2D eigenvalue weighted by Crippen LogP contribution is -2.54. The van der Waals surface area contributed by atoms with Gasteiger partial charge in [-0.15, -0.1) is 0 Å². The Kier molecular flexibility index (Phi) is 14.0. The van der Waals surface area contributed by atoms with Crippen LogP contribution in [-0.2, 0) is 22.6 Å². The fourth-order valence-corrected chi connectivity index (χ4v) is 4.21. The van der Waals surface area contributed by atoms with Crippen molar-refractivity contribution in [3.05, 3.63) is 65.7 Å². The van der Waals surface area contributed by atoms with Crippen LogP contribution in [0.25, 0.3) is 0 Å². The molecule has 0 radical (unpaired) electrons. The zero-order valence-corrected chi connectivity index (χ0v) is 25.7. The second-order valence-corrected chi connectivity index (χ2v) is 12.0. The summed E-state index contributed by atoms with van der Waals surface area (Å²) >= 11 is 0. The van der Waals surface area contributed by atoms with Crippen LogP contribution < -0.4 is 15.4 Å². The van der Waals surface area contributed by atoms with E-state index in [1.165, 1.54) is 0 Å². The van der Waals surface area contributed by atoms with Crippen LogP contribution in [0.1, 0.15) is 78.4 Å². The van der Waals surface area contributed by atoms with E-state index in [1.54, 1.807) is 11.9 Å². The summed E-state index contributed by atoms with van der Waals surface area (Å²) in [6.45, 7) is 13.8. The van der Waals surface area contributed by atoms with Crippen molar-refractivity contribution in [2.24, 2.45) is 5.92 Å². The molecule has 0 aliphatic rings. The highest BCUT2D eigenvalue weighted by Gasteiger charge is 2.26. The monoisotopic (exact) mass is 553 g/mol. The van der Waals surface area contributed by atoms with E-state index in [9.17, 15) is 9.59 Å². The third-order valence-corrected chi connectivity index (χ3v) is 6.48. The van der Waals surface area contributed by atoms with E-state index in [0.29, 0.717) is 32.6 Å². The number of urea groups is 1. The number of nitrogens with one attached hydrogen (secondary N) is 2. The maximum Gasteiger partial charge on any atom is 0.317 e. The topological polar surface area (TPSA) is 79.9 Å². The predicted molar refractivity (Wildman–Crippen MR) is 162 cm³/mol. The van der Waals surface area contributed by atoms with E-state index >= 15 is 0 Å². The van der Waals surface area contributed by atoms with Crippen molar-refractivity contribution in [1.29, 1.82) is 0 Å². The summed E-state index contributed by atoms with van der Waals surface area (Å²) in [4.78, 5) is 28.0. The van der Waals surface area contributed by atoms with Crippen molar-refractivity contribution in [1.82, 2.24) is 15.5 Å². The summed E-state index contributed by atoms with van der Waals surface area (Å²) in [5.41, 5.74) is 1.84. The highest BCUT2D eigenvalue weighted by Crippen LogP contribution is 2.17. The van der Waals surface area contributed by atoms with Gasteiger partial charge in [0.25, 0.3) is 0 Å². The van der Waals surface area contributed by atoms with Crippen LogP contribution in [0.3, 0.4) is 0 Å². The summed E-state index contributed by atoms with van der Waals surface area (Å²) < 4.78 is 12.0. The summed E-state index contributed by atoms with van der Waals surface area (Å²) in [6, 6.07) is 16.9. The van der Waals surface area contributed by atoms with E-state index < -0.39 is 6.04 Å². The molecule has 2 aromatic carbocycles. The van der Waals surface area contributed by atoms with Crippen molar-refractivity contribution in [2.75, 3.05) is 20.2 Å². The lowest BCUT2D eigenvalue weighted by atomic mass is 10.0.